The van der Waals surface area contributed by atoms with Crippen molar-refractivity contribution in [1.29, 1.82) is 0 Å². The lowest BCUT2D eigenvalue weighted by atomic mass is 9.72. The summed E-state index contributed by atoms with van der Waals surface area (Å²) in [5.41, 5.74) is 2.58. The van der Waals surface area contributed by atoms with E-state index < -0.39 is 0 Å². The van der Waals surface area contributed by atoms with Crippen LogP contribution in [0.25, 0.3) is 0 Å². The first-order valence-electron chi connectivity index (χ1n) is 12.0. The van der Waals surface area contributed by atoms with Gasteiger partial charge in [0.1, 0.15) is 16.5 Å². The van der Waals surface area contributed by atoms with Crippen LogP contribution in [0.4, 0.5) is 5.00 Å². The van der Waals surface area contributed by atoms with Crippen molar-refractivity contribution >= 4 is 28.2 Å². The fourth-order valence-corrected chi connectivity index (χ4v) is 6.50. The predicted octanol–water partition coefficient (Wildman–Crippen LogP) is 6.42. The zero-order valence-electron chi connectivity index (χ0n) is 20.0. The number of hydrogen-bond donors (Lipinski definition) is 2. The van der Waals surface area contributed by atoms with E-state index in [9.17, 15) is 9.59 Å². The van der Waals surface area contributed by atoms with Gasteiger partial charge in [-0.3, -0.25) is 9.59 Å². The van der Waals surface area contributed by atoms with Crippen LogP contribution >= 0.6 is 11.3 Å². The Balaban J connectivity index is 1.64. The molecule has 0 radical (unpaired) electrons. The molecule has 5 nitrogen and oxygen atoms in total. The van der Waals surface area contributed by atoms with Crippen LogP contribution in [-0.4, -0.2) is 17.9 Å². The molecule has 2 heterocycles. The van der Waals surface area contributed by atoms with Crippen molar-refractivity contribution in [1.82, 2.24) is 5.32 Å². The van der Waals surface area contributed by atoms with Crippen LogP contribution in [0.5, 0.6) is 0 Å². The minimum absolute atomic E-state index is 0.0287. The summed E-state index contributed by atoms with van der Waals surface area (Å²) in [5.74, 6) is 1.64. The number of carbonyl (C=O) groups excluding carboxylic acids is 2. The lowest BCUT2D eigenvalue weighted by Gasteiger charge is -2.34. The highest BCUT2D eigenvalue weighted by Crippen LogP contribution is 2.44. The highest BCUT2D eigenvalue weighted by atomic mass is 32.1. The van der Waals surface area contributed by atoms with Gasteiger partial charge in [0, 0.05) is 10.9 Å². The van der Waals surface area contributed by atoms with Gasteiger partial charge in [0.15, 0.2) is 0 Å². The van der Waals surface area contributed by atoms with E-state index in [4.69, 9.17) is 4.42 Å². The Morgan fingerprint density at radius 2 is 1.78 bits per heavy atom. The minimum Gasteiger partial charge on any atom is -0.466 e. The van der Waals surface area contributed by atoms with Crippen LogP contribution in [0.2, 0.25) is 0 Å². The molecule has 2 amide bonds. The summed E-state index contributed by atoms with van der Waals surface area (Å²) in [7, 11) is 0. The molecule has 1 saturated carbocycles. The Labute approximate surface area is 195 Å². The number of anilines is 1. The van der Waals surface area contributed by atoms with E-state index in [0.717, 1.165) is 37.7 Å². The molecular formula is C26H36N2O3S. The Kier molecular flexibility index (Phi) is 6.53. The van der Waals surface area contributed by atoms with Crippen LogP contribution in [0.3, 0.4) is 0 Å². The molecule has 0 aromatic carbocycles. The van der Waals surface area contributed by atoms with Crippen molar-refractivity contribution in [2.75, 3.05) is 5.32 Å². The number of thiophene rings is 1. The summed E-state index contributed by atoms with van der Waals surface area (Å²) in [6, 6.07) is 2.00. The van der Waals surface area contributed by atoms with Gasteiger partial charge in [-0.15, -0.1) is 11.3 Å². The number of fused-ring (bicyclic) bond motifs is 1. The number of amides is 2. The Bertz CT molecular complexity index is 1010. The second kappa shape index (κ2) is 9.05. The standard InChI is InChI=1S/C26H36N2O3S/c1-15-13-20(16(2)31-15)23(29)28-25-22(24(30)27-18-9-7-6-8-10-18)19-12-11-17(26(3,4)5)14-21(19)32-25/h13,17-18H,6-12,14H2,1-5H3,(H,27,30)(H,28,29)/t17-/m1/s1. The molecule has 0 aliphatic heterocycles. The molecule has 2 aromatic rings. The second-order valence-corrected chi connectivity index (χ2v) is 11.7. The molecular weight excluding hydrogens is 420 g/mol. The molecule has 174 valence electrons. The summed E-state index contributed by atoms with van der Waals surface area (Å²) in [4.78, 5) is 27.8. The van der Waals surface area contributed by atoms with Gasteiger partial charge in [0.05, 0.1) is 11.1 Å². The average molecular weight is 457 g/mol. The maximum Gasteiger partial charge on any atom is 0.259 e. The normalized spacial score (nSPS) is 19.5. The van der Waals surface area contributed by atoms with E-state index in [1.807, 2.05) is 6.92 Å². The van der Waals surface area contributed by atoms with Gasteiger partial charge in [0.2, 0.25) is 0 Å². The van der Waals surface area contributed by atoms with Gasteiger partial charge in [-0.2, -0.15) is 0 Å². The Morgan fingerprint density at radius 1 is 1.06 bits per heavy atom. The van der Waals surface area contributed by atoms with E-state index in [-0.39, 0.29) is 23.3 Å². The summed E-state index contributed by atoms with van der Waals surface area (Å²) < 4.78 is 5.55. The Morgan fingerprint density at radius 3 is 2.41 bits per heavy atom. The van der Waals surface area contributed by atoms with Crippen molar-refractivity contribution in [2.24, 2.45) is 11.3 Å². The van der Waals surface area contributed by atoms with Gasteiger partial charge in [0.25, 0.3) is 11.8 Å². The second-order valence-electron chi connectivity index (χ2n) is 10.6. The van der Waals surface area contributed by atoms with Crippen molar-refractivity contribution in [3.05, 3.63) is 39.2 Å². The number of hydrogen-bond acceptors (Lipinski definition) is 4. The highest BCUT2D eigenvalue weighted by Gasteiger charge is 2.34. The lowest BCUT2D eigenvalue weighted by molar-refractivity contribution is 0.0927. The molecule has 2 N–H and O–H groups in total. The van der Waals surface area contributed by atoms with E-state index >= 15 is 0 Å². The molecule has 1 fully saturated rings. The third-order valence-corrected chi connectivity index (χ3v) is 8.34. The van der Waals surface area contributed by atoms with Gasteiger partial charge in [-0.25, -0.2) is 0 Å². The number of aryl methyl sites for hydroxylation is 2. The maximum absolute atomic E-state index is 13.5. The SMILES string of the molecule is Cc1cc(C(=O)Nc2sc3c(c2C(=O)NC2CCCCC2)CC[C@@H](C(C)(C)C)C3)c(C)o1. The molecule has 0 spiro atoms. The smallest absolute Gasteiger partial charge is 0.259 e. The maximum atomic E-state index is 13.5. The molecule has 1 atom stereocenters. The highest BCUT2D eigenvalue weighted by molar-refractivity contribution is 7.17. The van der Waals surface area contributed by atoms with E-state index in [0.29, 0.717) is 33.6 Å². The largest absolute Gasteiger partial charge is 0.466 e. The van der Waals surface area contributed by atoms with Crippen LogP contribution in [0, 0.1) is 25.2 Å². The van der Waals surface area contributed by atoms with Crippen LogP contribution in [-0.2, 0) is 12.8 Å². The fraction of sp³-hybridized carbons (Fsp3) is 0.615. The van der Waals surface area contributed by atoms with Crippen LogP contribution in [0.1, 0.15) is 102 Å². The van der Waals surface area contributed by atoms with E-state index in [1.165, 1.54) is 24.1 Å². The number of rotatable bonds is 4. The number of carbonyl (C=O) groups is 2. The van der Waals surface area contributed by atoms with E-state index in [1.54, 1.807) is 24.3 Å². The quantitative estimate of drug-likeness (QED) is 0.557. The molecule has 32 heavy (non-hydrogen) atoms. The van der Waals surface area contributed by atoms with Crippen molar-refractivity contribution in [3.63, 3.8) is 0 Å². The van der Waals surface area contributed by atoms with Gasteiger partial charge < -0.3 is 15.1 Å². The zero-order chi connectivity index (χ0) is 23.0. The molecule has 6 heteroatoms. The average Bonchev–Trinajstić information content (AvgIpc) is 3.26. The van der Waals surface area contributed by atoms with Crippen molar-refractivity contribution in [3.8, 4) is 0 Å². The molecule has 2 aliphatic rings. The van der Waals surface area contributed by atoms with Gasteiger partial charge in [-0.05, 0) is 68.9 Å². The number of furan rings is 1. The predicted molar refractivity (Wildman–Crippen MR) is 130 cm³/mol. The summed E-state index contributed by atoms with van der Waals surface area (Å²) in [6.45, 7) is 10.5. The monoisotopic (exact) mass is 456 g/mol. The zero-order valence-corrected chi connectivity index (χ0v) is 20.8. The molecule has 0 bridgehead atoms. The minimum atomic E-state index is -0.211. The third-order valence-electron chi connectivity index (χ3n) is 7.17. The molecule has 0 unspecified atom stereocenters. The Hall–Kier alpha value is -2.08. The third kappa shape index (κ3) is 4.80. The summed E-state index contributed by atoms with van der Waals surface area (Å²) in [6.07, 6.45) is 8.60. The first kappa shape index (κ1) is 23.1. The van der Waals surface area contributed by atoms with Crippen LogP contribution < -0.4 is 10.6 Å². The summed E-state index contributed by atoms with van der Waals surface area (Å²) in [5, 5.41) is 7.03. The molecule has 4 rings (SSSR count). The fourth-order valence-electron chi connectivity index (χ4n) is 5.18. The molecule has 2 aromatic heterocycles. The molecule has 0 saturated heterocycles. The van der Waals surface area contributed by atoms with Crippen LogP contribution in [0.15, 0.2) is 10.5 Å². The first-order valence-corrected chi connectivity index (χ1v) is 12.8. The summed E-state index contributed by atoms with van der Waals surface area (Å²) >= 11 is 1.58. The lowest BCUT2D eigenvalue weighted by Crippen LogP contribution is -2.37. The topological polar surface area (TPSA) is 71.3 Å². The number of nitrogens with one attached hydrogen (secondary N) is 2. The van der Waals surface area contributed by atoms with Gasteiger partial charge >= 0.3 is 0 Å². The van der Waals surface area contributed by atoms with Crippen molar-refractivity contribution < 1.29 is 14.0 Å². The van der Waals surface area contributed by atoms with Crippen molar-refractivity contribution in [2.45, 2.75) is 92.0 Å². The van der Waals surface area contributed by atoms with E-state index in [2.05, 4.69) is 31.4 Å². The molecule has 2 aliphatic carbocycles. The van der Waals surface area contributed by atoms with Gasteiger partial charge in [-0.1, -0.05) is 40.0 Å². The first-order chi connectivity index (χ1) is 15.1.